The Balaban J connectivity index is 1.74. The van der Waals surface area contributed by atoms with E-state index in [0.717, 1.165) is 112 Å². The molecule has 0 radical (unpaired) electrons. The van der Waals surface area contributed by atoms with Gasteiger partial charge in [-0.25, -0.2) is 0 Å². The van der Waals surface area contributed by atoms with Crippen LogP contribution in [0.15, 0.2) is 0 Å². The summed E-state index contributed by atoms with van der Waals surface area (Å²) < 4.78 is 52.3. The number of benzene rings is 4. The van der Waals surface area contributed by atoms with Crippen molar-refractivity contribution < 1.29 is 28.4 Å². The summed E-state index contributed by atoms with van der Waals surface area (Å²) in [6, 6.07) is 0. The summed E-state index contributed by atoms with van der Waals surface area (Å²) in [5.41, 5.74) is 0. The number of rotatable bonds is 24. The van der Waals surface area contributed by atoms with Crippen LogP contribution >= 0.6 is 0 Å². The predicted molar refractivity (Wildman–Crippen MR) is 252 cm³/mol. The van der Waals surface area contributed by atoms with Crippen LogP contribution in [0.4, 0.5) is 0 Å². The van der Waals surface area contributed by atoms with Crippen LogP contribution in [0.3, 0.4) is 0 Å². The number of ether oxygens (including phenoxy) is 6. The van der Waals surface area contributed by atoms with E-state index < -0.39 is 55.1 Å². The van der Waals surface area contributed by atoms with E-state index >= 15 is 0 Å². The van der Waals surface area contributed by atoms with Gasteiger partial charge in [0.25, 0.3) is 0 Å². The molecule has 4 aromatic carbocycles. The molecule has 0 unspecified atom stereocenters. The molecule has 3 heterocycles. The van der Waals surface area contributed by atoms with Gasteiger partial charge in [-0.05, 0) is 0 Å². The molecule has 0 saturated carbocycles. The summed E-state index contributed by atoms with van der Waals surface area (Å²) >= 11 is -10.7. The van der Waals surface area contributed by atoms with Crippen molar-refractivity contribution in [1.29, 1.82) is 0 Å². The Morgan fingerprint density at radius 1 is 0.263 bits per heavy atom. The van der Waals surface area contributed by atoms with Crippen molar-refractivity contribution in [3.63, 3.8) is 0 Å². The topological polar surface area (TPSA) is 55.4 Å². The van der Waals surface area contributed by atoms with Gasteiger partial charge in [0.2, 0.25) is 0 Å². The molecule has 3 aliphatic rings. The summed E-state index contributed by atoms with van der Waals surface area (Å²) in [6.45, 7) is 17.8. The second-order valence-corrected chi connectivity index (χ2v) is 55.0. The quantitative estimate of drug-likeness (QED) is 0.0396. The van der Waals surface area contributed by atoms with Crippen molar-refractivity contribution in [2.75, 3.05) is 39.6 Å². The maximum absolute atomic E-state index is 7.23. The van der Waals surface area contributed by atoms with E-state index in [2.05, 4.69) is 71.2 Å². The van der Waals surface area contributed by atoms with Gasteiger partial charge in [0.1, 0.15) is 0 Å². The maximum atomic E-state index is 7.23. The average molecular weight is 1100 g/mol. The zero-order valence-corrected chi connectivity index (χ0v) is 46.2. The van der Waals surface area contributed by atoms with Gasteiger partial charge in [0.05, 0.1) is 0 Å². The molecule has 0 N–H and O–H groups in total. The summed E-state index contributed by atoms with van der Waals surface area (Å²) in [6.07, 6.45) is 12.7. The Morgan fingerprint density at radius 3 is 0.526 bits per heavy atom. The fourth-order valence-corrected chi connectivity index (χ4v) is 40.3. The number of hydrogen-bond acceptors (Lipinski definition) is 6. The molecular weight excluding hydrogens is 1030 g/mol. The van der Waals surface area contributed by atoms with E-state index in [1.807, 2.05) is 0 Å². The molecule has 3 aliphatic heterocycles. The van der Waals surface area contributed by atoms with Gasteiger partial charge in [0.15, 0.2) is 0 Å². The van der Waals surface area contributed by atoms with Crippen LogP contribution in [0, 0.1) is 0 Å². The average Bonchev–Trinajstić information content (AvgIpc) is 3.67. The molecule has 9 heteroatoms. The molecule has 0 spiro atoms. The van der Waals surface area contributed by atoms with Gasteiger partial charge in [-0.2, -0.15) is 0 Å². The first-order valence-corrected chi connectivity index (χ1v) is 48.6. The van der Waals surface area contributed by atoms with Crippen LogP contribution in [-0.4, -0.2) is 94.8 Å². The van der Waals surface area contributed by atoms with Gasteiger partial charge in [-0.1, -0.05) is 0 Å². The number of hydrogen-bond donors (Lipinski definition) is 0. The fourth-order valence-electron chi connectivity index (χ4n) is 10.3. The summed E-state index contributed by atoms with van der Waals surface area (Å²) in [5, 5.41) is 8.90. The third kappa shape index (κ3) is 6.92. The van der Waals surface area contributed by atoms with Crippen molar-refractivity contribution in [3.05, 3.63) is 0 Å². The van der Waals surface area contributed by atoms with Crippen molar-refractivity contribution in [2.24, 2.45) is 0 Å². The summed E-state index contributed by atoms with van der Waals surface area (Å²) in [4.78, 5) is 15.8. The first kappa shape index (κ1) is 43.9. The minimum atomic E-state index is -3.58. The zero-order valence-electron chi connectivity index (χ0n) is 37.7. The molecule has 4 aromatic rings. The monoisotopic (exact) mass is 1100 g/mol. The van der Waals surface area contributed by atoms with Gasteiger partial charge in [-0.3, -0.25) is 0 Å². The molecule has 0 aliphatic carbocycles. The van der Waals surface area contributed by atoms with Gasteiger partial charge in [-0.15, -0.1) is 0 Å². The third-order valence-corrected chi connectivity index (χ3v) is 42.8. The Morgan fingerprint density at radius 2 is 0.404 bits per heavy atom. The summed E-state index contributed by atoms with van der Waals surface area (Å²) in [5.74, 6) is 6.43. The molecule has 0 atom stereocenters. The van der Waals surface area contributed by atoms with Crippen LogP contribution < -0.4 is 49.9 Å². The van der Waals surface area contributed by atoms with Gasteiger partial charge in [0, 0.05) is 0 Å². The fraction of sp³-hybridized carbons (Fsp3) is 0.625. The Kier molecular flexibility index (Phi) is 13.6. The van der Waals surface area contributed by atoms with E-state index in [9.17, 15) is 0 Å². The molecule has 0 amide bonds. The van der Waals surface area contributed by atoms with Crippen LogP contribution in [-0.2, 0) is 0 Å². The minimum absolute atomic E-state index is 0.704. The molecule has 0 fully saturated rings. The first-order valence-electron chi connectivity index (χ1n) is 22.9. The Hall–Kier alpha value is -1.14. The number of unbranched alkanes of at least 4 members (excludes halogenated alkanes) is 6. The second-order valence-electron chi connectivity index (χ2n) is 18.6. The Labute approximate surface area is 356 Å². The van der Waals surface area contributed by atoms with Gasteiger partial charge < -0.3 is 0 Å². The van der Waals surface area contributed by atoms with Crippen molar-refractivity contribution in [2.45, 2.75) is 148 Å². The molecule has 6 nitrogen and oxygen atoms in total. The molecule has 57 heavy (non-hydrogen) atoms. The molecular formula is C48H72O6Sn3. The van der Waals surface area contributed by atoms with E-state index in [0.29, 0.717) is 39.6 Å². The molecule has 0 bridgehead atoms. The first-order chi connectivity index (χ1) is 27.4. The summed E-state index contributed by atoms with van der Waals surface area (Å²) in [7, 11) is 0. The van der Waals surface area contributed by atoms with E-state index in [1.54, 1.807) is 0 Å². The van der Waals surface area contributed by atoms with Gasteiger partial charge >= 0.3 is 360 Å². The van der Waals surface area contributed by atoms with Crippen molar-refractivity contribution >= 4 is 109 Å². The molecule has 0 aromatic heterocycles. The van der Waals surface area contributed by atoms with Crippen LogP contribution in [0.5, 0.6) is 34.5 Å². The van der Waals surface area contributed by atoms with Crippen LogP contribution in [0.2, 0.25) is 29.6 Å². The van der Waals surface area contributed by atoms with E-state index in [-0.39, 0.29) is 0 Å². The third-order valence-electron chi connectivity index (χ3n) is 13.2. The van der Waals surface area contributed by atoms with Crippen molar-refractivity contribution in [3.8, 4) is 34.5 Å². The second kappa shape index (κ2) is 17.7. The molecule has 0 saturated heterocycles. The van der Waals surface area contributed by atoms with Crippen molar-refractivity contribution in [1.82, 2.24) is 0 Å². The SMILES string of the molecule is CCCCOc1c(OCCCC)[c]2c3c4[c]1[Sn]([CH3])([CH3])[c]1c(OCCCC)c(OCCCC)[c]5c(c14)c1[c](c(OCCCC)c(OCCCC)[c](c31)[Sn]2([CH3])[CH3])[Sn]5([CH3])[CH3]. The van der Waals surface area contributed by atoms with Crippen LogP contribution in [0.25, 0.3) is 32.3 Å². The zero-order chi connectivity index (χ0) is 40.9. The molecule has 7 rings (SSSR count). The van der Waals surface area contributed by atoms with E-state index in [4.69, 9.17) is 28.4 Å². The van der Waals surface area contributed by atoms with Crippen LogP contribution in [0.1, 0.15) is 119 Å². The normalized spacial score (nSPS) is 16.0. The standard InChI is InChI=1S/C42H54O6.6CH3.3Sn/c1-7-13-19-43-37-25-31-32(26-38(37)44-20-14-8-2)34-28-40(46-22-16-10-4)42(48-24-18-12-6)30-36(34)35-29-41(47-23-17-11-5)39(27-33(31)35)45-21-15-9-3;;;;;;;;;/h7-24H2,1-6H3;6*1H3;;;. The predicted octanol–water partition coefficient (Wildman–Crippen LogP) is 9.63. The Bertz CT molecular complexity index is 1750. The van der Waals surface area contributed by atoms with E-state index in [1.165, 1.54) is 53.8 Å². The molecule has 312 valence electrons.